The molecule has 4 aromatic rings. The summed E-state index contributed by atoms with van der Waals surface area (Å²) in [6, 6.07) is 15.7. The van der Waals surface area contributed by atoms with Crippen molar-refractivity contribution in [2.24, 2.45) is 0 Å². The number of aromatic amines is 1. The first-order chi connectivity index (χ1) is 16.1. The molecule has 9 nitrogen and oxygen atoms in total. The minimum Gasteiger partial charge on any atom is -0.272 e. The van der Waals surface area contributed by atoms with Gasteiger partial charge in [-0.3, -0.25) is 9.36 Å². The number of nitrogens with one attached hydrogen (secondary N) is 1. The highest BCUT2D eigenvalue weighted by atomic mass is 16.2. The molecule has 0 radical (unpaired) electrons. The van der Waals surface area contributed by atoms with Gasteiger partial charge in [-0.15, -0.1) is 14.9 Å². The molecule has 0 aliphatic carbocycles. The zero-order chi connectivity index (χ0) is 23.2. The predicted molar refractivity (Wildman–Crippen MR) is 123 cm³/mol. The fourth-order valence-electron chi connectivity index (χ4n) is 3.47. The van der Waals surface area contributed by atoms with E-state index < -0.39 is 5.69 Å². The molecule has 0 aliphatic rings. The van der Waals surface area contributed by atoms with E-state index in [9.17, 15) is 9.59 Å². The van der Waals surface area contributed by atoms with Gasteiger partial charge in [0.2, 0.25) is 5.82 Å². The van der Waals surface area contributed by atoms with Crippen LogP contribution in [0, 0.1) is 11.8 Å². The molecule has 1 N–H and O–H groups in total. The van der Waals surface area contributed by atoms with Crippen LogP contribution < -0.4 is 5.69 Å². The summed E-state index contributed by atoms with van der Waals surface area (Å²) in [5, 5.41) is 18.3. The molecule has 9 heteroatoms. The first-order valence-corrected chi connectivity index (χ1v) is 10.8. The number of rotatable bonds is 6. The van der Waals surface area contributed by atoms with Gasteiger partial charge in [-0.1, -0.05) is 68.3 Å². The van der Waals surface area contributed by atoms with Crippen LogP contribution in [0.2, 0.25) is 0 Å². The van der Waals surface area contributed by atoms with E-state index in [1.54, 1.807) is 0 Å². The normalized spacial score (nSPS) is 10.6. The summed E-state index contributed by atoms with van der Waals surface area (Å²) >= 11 is 0. The summed E-state index contributed by atoms with van der Waals surface area (Å²) in [6.07, 6.45) is 1.52. The van der Waals surface area contributed by atoms with Crippen LogP contribution in [0.4, 0.5) is 0 Å². The van der Waals surface area contributed by atoms with Crippen LogP contribution in [-0.2, 0) is 6.54 Å². The van der Waals surface area contributed by atoms with Gasteiger partial charge in [0.1, 0.15) is 0 Å². The number of carbonyl (C=O) groups is 1. The van der Waals surface area contributed by atoms with Gasteiger partial charge >= 0.3 is 5.69 Å². The lowest BCUT2D eigenvalue weighted by atomic mass is 9.98. The Balaban J connectivity index is 1.66. The quantitative estimate of drug-likeness (QED) is 0.460. The Morgan fingerprint density at radius 1 is 1.06 bits per heavy atom. The van der Waals surface area contributed by atoms with Crippen LogP contribution in [0.3, 0.4) is 0 Å². The summed E-state index contributed by atoms with van der Waals surface area (Å²) in [6.45, 7) is 4.07. The number of hydrogen-bond acceptors (Lipinski definition) is 6. The van der Waals surface area contributed by atoms with Crippen molar-refractivity contribution in [3.63, 3.8) is 0 Å². The molecule has 2 aromatic carbocycles. The first-order valence-electron chi connectivity index (χ1n) is 10.8. The molecule has 2 heterocycles. The number of tetrazole rings is 1. The first kappa shape index (κ1) is 21.9. The Kier molecular flexibility index (Phi) is 6.55. The van der Waals surface area contributed by atoms with E-state index in [1.165, 1.54) is 4.57 Å². The smallest absolute Gasteiger partial charge is 0.272 e. The van der Waals surface area contributed by atoms with Crippen LogP contribution in [0.1, 0.15) is 49.3 Å². The zero-order valence-corrected chi connectivity index (χ0v) is 18.4. The SMILES string of the molecule is CCC#Cc1nn(C(=O)CCC)c(=O)n1Cc1ccc(-c2ccccc2-c2nnn[nH]2)cc1. The number of H-pyrrole nitrogens is 1. The lowest BCUT2D eigenvalue weighted by Gasteiger charge is -2.09. The van der Waals surface area contributed by atoms with Crippen molar-refractivity contribution >= 4 is 5.91 Å². The fraction of sp³-hybridized carbons (Fsp3) is 0.250. The number of hydrogen-bond donors (Lipinski definition) is 1. The Morgan fingerprint density at radius 3 is 2.48 bits per heavy atom. The summed E-state index contributed by atoms with van der Waals surface area (Å²) in [5.74, 6) is 6.40. The Hall–Kier alpha value is -4.32. The van der Waals surface area contributed by atoms with Gasteiger partial charge in [-0.25, -0.2) is 9.89 Å². The van der Waals surface area contributed by atoms with Crippen molar-refractivity contribution in [3.05, 3.63) is 70.4 Å². The molecule has 166 valence electrons. The van der Waals surface area contributed by atoms with Gasteiger partial charge in [0.05, 0.1) is 6.54 Å². The average Bonchev–Trinajstić information content (AvgIpc) is 3.48. The van der Waals surface area contributed by atoms with E-state index in [1.807, 2.05) is 62.4 Å². The minimum atomic E-state index is -0.471. The molecule has 2 aromatic heterocycles. The van der Waals surface area contributed by atoms with Crippen molar-refractivity contribution in [2.75, 3.05) is 0 Å². The molecule has 0 fully saturated rings. The maximum atomic E-state index is 12.9. The molecule has 0 aliphatic heterocycles. The van der Waals surface area contributed by atoms with Crippen molar-refractivity contribution in [1.29, 1.82) is 0 Å². The second kappa shape index (κ2) is 9.87. The third kappa shape index (κ3) is 4.65. The standard InChI is InChI=1S/C24H23N7O2/c1-3-5-11-21-27-31(22(32)8-4-2)24(33)30(21)16-17-12-14-18(15-13-17)19-9-6-7-10-20(19)23-25-28-29-26-23/h6-7,9-10,12-15H,3-4,8,16H2,1-2H3,(H,25,26,28,29). The van der Waals surface area contributed by atoms with Crippen molar-refractivity contribution < 1.29 is 4.79 Å². The van der Waals surface area contributed by atoms with Crippen LogP contribution >= 0.6 is 0 Å². The van der Waals surface area contributed by atoms with E-state index in [0.717, 1.165) is 26.9 Å². The number of benzene rings is 2. The van der Waals surface area contributed by atoms with E-state index in [0.29, 0.717) is 24.5 Å². The molecule has 4 rings (SSSR count). The van der Waals surface area contributed by atoms with E-state index >= 15 is 0 Å². The largest absolute Gasteiger partial charge is 0.354 e. The Morgan fingerprint density at radius 2 is 1.82 bits per heavy atom. The third-order valence-electron chi connectivity index (χ3n) is 5.07. The topological polar surface area (TPSA) is 111 Å². The van der Waals surface area contributed by atoms with E-state index in [4.69, 9.17) is 0 Å². The van der Waals surface area contributed by atoms with Crippen molar-refractivity contribution in [2.45, 2.75) is 39.7 Å². The van der Waals surface area contributed by atoms with E-state index in [2.05, 4.69) is 37.6 Å². The molecule has 33 heavy (non-hydrogen) atoms. The highest BCUT2D eigenvalue weighted by molar-refractivity contribution is 5.80. The van der Waals surface area contributed by atoms with Crippen LogP contribution in [-0.4, -0.2) is 40.9 Å². The lowest BCUT2D eigenvalue weighted by Crippen LogP contribution is -2.30. The molecule has 0 spiro atoms. The highest BCUT2D eigenvalue weighted by Gasteiger charge is 2.17. The van der Waals surface area contributed by atoms with Crippen molar-refractivity contribution in [3.8, 4) is 34.4 Å². The summed E-state index contributed by atoms with van der Waals surface area (Å²) in [5.41, 5.74) is 3.27. The molecule has 0 atom stereocenters. The average molecular weight is 441 g/mol. The van der Waals surface area contributed by atoms with Crippen LogP contribution in [0.5, 0.6) is 0 Å². The zero-order valence-electron chi connectivity index (χ0n) is 18.4. The summed E-state index contributed by atoms with van der Waals surface area (Å²) < 4.78 is 2.37. The van der Waals surface area contributed by atoms with Crippen molar-refractivity contribution in [1.82, 2.24) is 35.0 Å². The van der Waals surface area contributed by atoms with Gasteiger partial charge in [0.15, 0.2) is 5.82 Å². The number of nitrogens with zero attached hydrogens (tertiary/aromatic N) is 6. The Labute approximate surface area is 190 Å². The maximum Gasteiger partial charge on any atom is 0.354 e. The van der Waals surface area contributed by atoms with Crippen LogP contribution in [0.25, 0.3) is 22.5 Å². The molecule has 0 saturated heterocycles. The second-order valence-corrected chi connectivity index (χ2v) is 7.40. The molecule has 0 bridgehead atoms. The fourth-order valence-corrected chi connectivity index (χ4v) is 3.47. The minimum absolute atomic E-state index is 0.256. The van der Waals surface area contributed by atoms with Gasteiger partial charge in [0, 0.05) is 18.4 Å². The lowest BCUT2D eigenvalue weighted by molar-refractivity contribution is 0.0880. The van der Waals surface area contributed by atoms with Gasteiger partial charge in [-0.05, 0) is 39.5 Å². The summed E-state index contributed by atoms with van der Waals surface area (Å²) in [4.78, 5) is 25.2. The molecule has 0 unspecified atom stereocenters. The van der Waals surface area contributed by atoms with Crippen LogP contribution in [0.15, 0.2) is 53.3 Å². The highest BCUT2D eigenvalue weighted by Crippen LogP contribution is 2.29. The number of aromatic nitrogens is 7. The Bertz CT molecular complexity index is 1370. The predicted octanol–water partition coefficient (Wildman–Crippen LogP) is 3.14. The van der Waals surface area contributed by atoms with Gasteiger partial charge in [-0.2, -0.15) is 0 Å². The second-order valence-electron chi connectivity index (χ2n) is 7.40. The monoisotopic (exact) mass is 441 g/mol. The molecular weight excluding hydrogens is 418 g/mol. The third-order valence-corrected chi connectivity index (χ3v) is 5.07. The van der Waals surface area contributed by atoms with Gasteiger partial charge in [0.25, 0.3) is 5.91 Å². The summed E-state index contributed by atoms with van der Waals surface area (Å²) in [7, 11) is 0. The molecular formula is C24H23N7O2. The molecule has 0 amide bonds. The van der Waals surface area contributed by atoms with Gasteiger partial charge < -0.3 is 0 Å². The maximum absolute atomic E-state index is 12.9. The molecule has 0 saturated carbocycles. The number of carbonyl (C=O) groups excluding carboxylic acids is 1. The van der Waals surface area contributed by atoms with E-state index in [-0.39, 0.29) is 18.9 Å².